The average molecular weight is 356 g/mol. The van der Waals surface area contributed by atoms with E-state index in [0.717, 1.165) is 39.7 Å². The van der Waals surface area contributed by atoms with Crippen molar-refractivity contribution in [3.05, 3.63) is 105 Å². The number of carbonyl (C=O) groups is 2. The Hall–Kier alpha value is -3.00. The molecule has 0 aromatic heterocycles. The molecule has 0 saturated heterocycles. The van der Waals surface area contributed by atoms with E-state index in [-0.39, 0.29) is 5.78 Å². The Bertz CT molecular complexity index is 1010. The van der Waals surface area contributed by atoms with Gasteiger partial charge in [-0.05, 0) is 67.5 Å². The zero-order valence-corrected chi connectivity index (χ0v) is 16.3. The Kier molecular flexibility index (Phi) is 5.36. The molecule has 0 N–H and O–H groups in total. The first kappa shape index (κ1) is 18.8. The van der Waals surface area contributed by atoms with Crippen LogP contribution in [0, 0.1) is 27.7 Å². The zero-order valence-electron chi connectivity index (χ0n) is 16.3. The topological polar surface area (TPSA) is 34.1 Å². The van der Waals surface area contributed by atoms with Gasteiger partial charge in [-0.25, -0.2) is 0 Å². The Morgan fingerprint density at radius 1 is 0.778 bits per heavy atom. The van der Waals surface area contributed by atoms with Crippen LogP contribution in [0.2, 0.25) is 0 Å². The molecule has 0 amide bonds. The van der Waals surface area contributed by atoms with Crippen LogP contribution < -0.4 is 0 Å². The molecular weight excluding hydrogens is 332 g/mol. The van der Waals surface area contributed by atoms with Crippen LogP contribution in [0.15, 0.2) is 54.6 Å². The van der Waals surface area contributed by atoms with Crippen molar-refractivity contribution in [3.8, 4) is 0 Å². The van der Waals surface area contributed by atoms with Crippen molar-refractivity contribution >= 4 is 12.1 Å². The van der Waals surface area contributed by atoms with E-state index in [1.807, 2.05) is 70.2 Å². The third kappa shape index (κ3) is 3.48. The van der Waals surface area contributed by atoms with Crippen molar-refractivity contribution in [2.45, 2.75) is 34.1 Å². The van der Waals surface area contributed by atoms with Crippen molar-refractivity contribution in [3.63, 3.8) is 0 Å². The minimum Gasteiger partial charge on any atom is -0.298 e. The number of rotatable bonds is 5. The lowest BCUT2D eigenvalue weighted by molar-refractivity contribution is 0.102. The van der Waals surface area contributed by atoms with E-state index in [1.165, 1.54) is 0 Å². The minimum atomic E-state index is -0.0765. The van der Waals surface area contributed by atoms with E-state index >= 15 is 0 Å². The standard InChI is InChI=1S/C25H24O2/c1-16-17(2)19(4)24(23(15-26)18(16)3)25(27)22-13-9-8-12-21(22)14-20-10-6-5-7-11-20/h5-13,15H,14H2,1-4H3. The molecule has 3 aromatic carbocycles. The van der Waals surface area contributed by atoms with Crippen LogP contribution in [0.3, 0.4) is 0 Å². The molecule has 0 saturated carbocycles. The maximum absolute atomic E-state index is 13.5. The molecule has 27 heavy (non-hydrogen) atoms. The Balaban J connectivity index is 2.15. The van der Waals surface area contributed by atoms with Crippen LogP contribution in [0.25, 0.3) is 0 Å². The molecule has 0 aliphatic carbocycles. The number of hydrogen-bond acceptors (Lipinski definition) is 2. The van der Waals surface area contributed by atoms with Gasteiger partial charge in [0.2, 0.25) is 0 Å². The lowest BCUT2D eigenvalue weighted by atomic mass is 9.84. The molecule has 136 valence electrons. The van der Waals surface area contributed by atoms with E-state index in [4.69, 9.17) is 0 Å². The highest BCUT2D eigenvalue weighted by Gasteiger charge is 2.23. The van der Waals surface area contributed by atoms with Gasteiger partial charge in [0.05, 0.1) is 0 Å². The normalized spacial score (nSPS) is 10.7. The quantitative estimate of drug-likeness (QED) is 0.443. The third-order valence-electron chi connectivity index (χ3n) is 5.58. The van der Waals surface area contributed by atoms with Gasteiger partial charge in [0.1, 0.15) is 0 Å². The molecule has 2 heteroatoms. The third-order valence-corrected chi connectivity index (χ3v) is 5.58. The highest BCUT2D eigenvalue weighted by atomic mass is 16.1. The van der Waals surface area contributed by atoms with E-state index in [2.05, 4.69) is 12.1 Å². The van der Waals surface area contributed by atoms with Crippen molar-refractivity contribution in [1.29, 1.82) is 0 Å². The molecule has 0 atom stereocenters. The van der Waals surface area contributed by atoms with Crippen LogP contribution in [0.4, 0.5) is 0 Å². The van der Waals surface area contributed by atoms with Crippen molar-refractivity contribution < 1.29 is 9.59 Å². The summed E-state index contributed by atoms with van der Waals surface area (Å²) in [6, 6.07) is 17.8. The summed E-state index contributed by atoms with van der Waals surface area (Å²) < 4.78 is 0. The lowest BCUT2D eigenvalue weighted by Gasteiger charge is -2.18. The van der Waals surface area contributed by atoms with Gasteiger partial charge in [0, 0.05) is 16.7 Å². The van der Waals surface area contributed by atoms with Gasteiger partial charge in [-0.2, -0.15) is 0 Å². The Labute approximate surface area is 160 Å². The highest BCUT2D eigenvalue weighted by Crippen LogP contribution is 2.29. The molecule has 3 aromatic rings. The number of ketones is 1. The summed E-state index contributed by atoms with van der Waals surface area (Å²) in [5.74, 6) is -0.0765. The van der Waals surface area contributed by atoms with Crippen LogP contribution >= 0.6 is 0 Å². The number of aldehydes is 1. The largest absolute Gasteiger partial charge is 0.298 e. The first-order valence-electron chi connectivity index (χ1n) is 9.17. The van der Waals surface area contributed by atoms with Crippen molar-refractivity contribution in [2.75, 3.05) is 0 Å². The predicted molar refractivity (Wildman–Crippen MR) is 110 cm³/mol. The van der Waals surface area contributed by atoms with Crippen LogP contribution in [-0.2, 0) is 6.42 Å². The van der Waals surface area contributed by atoms with Crippen LogP contribution in [0.5, 0.6) is 0 Å². The second-order valence-electron chi connectivity index (χ2n) is 7.06. The van der Waals surface area contributed by atoms with Gasteiger partial charge in [-0.15, -0.1) is 0 Å². The molecule has 0 radical (unpaired) electrons. The molecule has 2 nitrogen and oxygen atoms in total. The number of carbonyl (C=O) groups excluding carboxylic acids is 2. The van der Waals surface area contributed by atoms with Gasteiger partial charge in [0.15, 0.2) is 12.1 Å². The van der Waals surface area contributed by atoms with Gasteiger partial charge in [0.25, 0.3) is 0 Å². The van der Waals surface area contributed by atoms with E-state index in [1.54, 1.807) is 0 Å². The van der Waals surface area contributed by atoms with Gasteiger partial charge < -0.3 is 0 Å². The second kappa shape index (κ2) is 7.71. The van der Waals surface area contributed by atoms with Gasteiger partial charge >= 0.3 is 0 Å². The Morgan fingerprint density at radius 3 is 2.04 bits per heavy atom. The molecule has 0 bridgehead atoms. The summed E-state index contributed by atoms with van der Waals surface area (Å²) in [7, 11) is 0. The lowest BCUT2D eigenvalue weighted by Crippen LogP contribution is -2.14. The Morgan fingerprint density at radius 2 is 1.37 bits per heavy atom. The molecule has 0 aliphatic heterocycles. The van der Waals surface area contributed by atoms with Crippen molar-refractivity contribution in [1.82, 2.24) is 0 Å². The van der Waals surface area contributed by atoms with E-state index in [9.17, 15) is 9.59 Å². The SMILES string of the molecule is Cc1c(C)c(C)c(C(=O)c2ccccc2Cc2ccccc2)c(C=O)c1C. The second-order valence-corrected chi connectivity index (χ2v) is 7.06. The summed E-state index contributed by atoms with van der Waals surface area (Å²) in [5.41, 5.74) is 7.75. The van der Waals surface area contributed by atoms with E-state index in [0.29, 0.717) is 23.1 Å². The van der Waals surface area contributed by atoms with E-state index < -0.39 is 0 Å². The van der Waals surface area contributed by atoms with Gasteiger partial charge in [-0.3, -0.25) is 9.59 Å². The van der Waals surface area contributed by atoms with Crippen molar-refractivity contribution in [2.24, 2.45) is 0 Å². The molecular formula is C25H24O2. The molecule has 0 heterocycles. The summed E-state index contributed by atoms with van der Waals surface area (Å²) in [6.45, 7) is 7.86. The summed E-state index contributed by atoms with van der Waals surface area (Å²) in [6.07, 6.45) is 1.50. The fourth-order valence-electron chi connectivity index (χ4n) is 3.63. The molecule has 3 rings (SSSR count). The maximum atomic E-state index is 13.5. The number of benzene rings is 3. The summed E-state index contributed by atoms with van der Waals surface area (Å²) in [5, 5.41) is 0. The number of hydrogen-bond donors (Lipinski definition) is 0. The fraction of sp³-hybridized carbons (Fsp3) is 0.200. The molecule has 0 fully saturated rings. The smallest absolute Gasteiger partial charge is 0.194 e. The molecule has 0 unspecified atom stereocenters. The zero-order chi connectivity index (χ0) is 19.6. The van der Waals surface area contributed by atoms with Crippen LogP contribution in [-0.4, -0.2) is 12.1 Å². The predicted octanol–water partition coefficient (Wildman–Crippen LogP) is 5.55. The highest BCUT2D eigenvalue weighted by molar-refractivity contribution is 6.15. The monoisotopic (exact) mass is 356 g/mol. The first-order chi connectivity index (χ1) is 13.0. The summed E-state index contributed by atoms with van der Waals surface area (Å²) in [4.78, 5) is 25.3. The fourth-order valence-corrected chi connectivity index (χ4v) is 3.63. The van der Waals surface area contributed by atoms with Gasteiger partial charge in [-0.1, -0.05) is 54.6 Å². The average Bonchev–Trinajstić information content (AvgIpc) is 2.69. The molecule has 0 aliphatic rings. The van der Waals surface area contributed by atoms with Crippen LogP contribution in [0.1, 0.15) is 59.7 Å². The summed E-state index contributed by atoms with van der Waals surface area (Å²) >= 11 is 0. The molecule has 0 spiro atoms. The maximum Gasteiger partial charge on any atom is 0.194 e. The first-order valence-corrected chi connectivity index (χ1v) is 9.17. The minimum absolute atomic E-state index is 0.0765.